The molecule has 0 saturated carbocycles. The van der Waals surface area contributed by atoms with E-state index in [1.807, 2.05) is 41.9 Å². The van der Waals surface area contributed by atoms with E-state index in [2.05, 4.69) is 27.2 Å². The van der Waals surface area contributed by atoms with Gasteiger partial charge >= 0.3 is 0 Å². The predicted molar refractivity (Wildman–Crippen MR) is 115 cm³/mol. The number of nitrogens with zero attached hydrogens (tertiary/aromatic N) is 3. The zero-order valence-corrected chi connectivity index (χ0v) is 16.2. The summed E-state index contributed by atoms with van der Waals surface area (Å²) in [5, 5.41) is 6.98. The molecule has 0 atom stereocenters. The Labute approximate surface area is 172 Å². The van der Waals surface area contributed by atoms with Gasteiger partial charge in [0.25, 0.3) is 0 Å². The summed E-state index contributed by atoms with van der Waals surface area (Å²) >= 11 is 0. The molecule has 1 aliphatic rings. The molecule has 0 unspecified atom stereocenters. The highest BCUT2D eigenvalue weighted by Crippen LogP contribution is 2.45. The van der Waals surface area contributed by atoms with Crippen molar-refractivity contribution in [1.29, 1.82) is 0 Å². The Morgan fingerprint density at radius 1 is 1.23 bits per heavy atom. The molecule has 6 nitrogen and oxygen atoms in total. The Bertz CT molecular complexity index is 1320. The van der Waals surface area contributed by atoms with Crippen molar-refractivity contribution in [2.24, 2.45) is 7.05 Å². The summed E-state index contributed by atoms with van der Waals surface area (Å²) in [5.74, 6) is 0.188. The zero-order valence-electron chi connectivity index (χ0n) is 16.2. The number of benzene rings is 2. The third-order valence-electron chi connectivity index (χ3n) is 5.36. The molecule has 148 valence electrons. The fraction of sp³-hybridized carbons (Fsp3) is 0.0870. The molecular formula is C23H18FN5O. The Kier molecular flexibility index (Phi) is 4.10. The lowest BCUT2D eigenvalue weighted by Crippen LogP contribution is -2.07. The number of carbonyl (C=O) groups excluding carboxylic acids is 1. The third kappa shape index (κ3) is 2.75. The van der Waals surface area contributed by atoms with Crippen LogP contribution < -0.4 is 10.6 Å². The number of aryl methyl sites for hydroxylation is 1. The predicted octanol–water partition coefficient (Wildman–Crippen LogP) is 4.49. The molecule has 0 saturated heterocycles. The number of carbonyl (C=O) groups is 1. The largest absolute Gasteiger partial charge is 0.365 e. The number of hydrogen-bond acceptors (Lipinski definition) is 4. The van der Waals surface area contributed by atoms with Crippen LogP contribution in [-0.4, -0.2) is 20.4 Å². The number of nitrogens with one attached hydrogen (secondary N) is 2. The normalized spacial score (nSPS) is 12.1. The van der Waals surface area contributed by atoms with E-state index in [0.29, 0.717) is 12.2 Å². The highest BCUT2D eigenvalue weighted by atomic mass is 19.1. The molecule has 0 spiro atoms. The fourth-order valence-electron chi connectivity index (χ4n) is 4.02. The van der Waals surface area contributed by atoms with Crippen LogP contribution >= 0.6 is 0 Å². The molecule has 2 aromatic carbocycles. The summed E-state index contributed by atoms with van der Waals surface area (Å²) in [7, 11) is 1.95. The van der Waals surface area contributed by atoms with Gasteiger partial charge in [-0.3, -0.25) is 4.79 Å². The van der Waals surface area contributed by atoms with Gasteiger partial charge in [-0.15, -0.1) is 0 Å². The summed E-state index contributed by atoms with van der Waals surface area (Å²) in [6.07, 6.45) is 2.76. The van der Waals surface area contributed by atoms with Crippen molar-refractivity contribution in [3.05, 3.63) is 72.8 Å². The molecule has 2 N–H and O–H groups in total. The van der Waals surface area contributed by atoms with Gasteiger partial charge in [-0.2, -0.15) is 0 Å². The van der Waals surface area contributed by atoms with Crippen LogP contribution in [0.15, 0.2) is 61.4 Å². The molecule has 5 rings (SSSR count). The number of hydrogen-bond donors (Lipinski definition) is 2. The summed E-state index contributed by atoms with van der Waals surface area (Å²) in [6, 6.07) is 12.4. The Balaban J connectivity index is 1.76. The van der Waals surface area contributed by atoms with Gasteiger partial charge in [0.2, 0.25) is 5.91 Å². The van der Waals surface area contributed by atoms with Crippen LogP contribution in [0.4, 0.5) is 15.9 Å². The summed E-state index contributed by atoms with van der Waals surface area (Å²) in [6.45, 7) is 3.95. The fourth-order valence-corrected chi connectivity index (χ4v) is 4.02. The minimum Gasteiger partial charge on any atom is -0.365 e. The van der Waals surface area contributed by atoms with Crippen LogP contribution in [0.5, 0.6) is 0 Å². The number of amides is 1. The van der Waals surface area contributed by atoms with Crippen LogP contribution in [0.2, 0.25) is 0 Å². The first-order valence-electron chi connectivity index (χ1n) is 9.46. The maximum absolute atomic E-state index is 14.0. The van der Waals surface area contributed by atoms with Crippen molar-refractivity contribution >= 4 is 28.4 Å². The van der Waals surface area contributed by atoms with Crippen LogP contribution in [0.3, 0.4) is 0 Å². The first-order chi connectivity index (χ1) is 14.6. The molecule has 0 aliphatic carbocycles. The number of halogens is 1. The highest BCUT2D eigenvalue weighted by Gasteiger charge is 2.26. The lowest BCUT2D eigenvalue weighted by molar-refractivity contribution is -0.111. The minimum absolute atomic E-state index is 0.263. The van der Waals surface area contributed by atoms with Crippen LogP contribution in [0.25, 0.3) is 33.4 Å². The van der Waals surface area contributed by atoms with Crippen LogP contribution in [0.1, 0.15) is 5.56 Å². The zero-order chi connectivity index (χ0) is 20.8. The van der Waals surface area contributed by atoms with E-state index in [0.717, 1.165) is 44.8 Å². The minimum atomic E-state index is -0.274. The monoisotopic (exact) mass is 399 g/mol. The molecule has 0 radical (unpaired) electrons. The van der Waals surface area contributed by atoms with E-state index in [-0.39, 0.29) is 11.7 Å². The lowest BCUT2D eigenvalue weighted by atomic mass is 9.95. The molecule has 7 heteroatoms. The van der Waals surface area contributed by atoms with E-state index < -0.39 is 0 Å². The number of anilines is 2. The second-order valence-corrected chi connectivity index (χ2v) is 7.13. The molecule has 3 heterocycles. The number of fused-ring (bicyclic) bond motifs is 2. The van der Waals surface area contributed by atoms with Gasteiger partial charge in [-0.05, 0) is 47.0 Å². The lowest BCUT2D eigenvalue weighted by Gasteiger charge is -2.12. The van der Waals surface area contributed by atoms with Crippen molar-refractivity contribution in [2.75, 3.05) is 10.6 Å². The average molecular weight is 399 g/mol. The standard InChI is InChI=1S/C23H18FN5O/c1-3-18(30)28-16-7-4-13(5-8-16)21-19-17-9-6-15(24)10-14(17)11-25-22-20(19)23(29(21)2)27-12-26-22/h3-10,12H,1,11H2,2H3,(H,28,30)(H,25,26,27). The Hall–Kier alpha value is -4.00. The highest BCUT2D eigenvalue weighted by molar-refractivity contribution is 6.09. The summed E-state index contributed by atoms with van der Waals surface area (Å²) in [5.41, 5.74) is 6.14. The SMILES string of the molecule is C=CC(=O)Nc1ccc(-c2c3c4c(ncnc4n2C)NCc2cc(F)ccc2-3)cc1. The van der Waals surface area contributed by atoms with Crippen molar-refractivity contribution in [3.8, 4) is 22.4 Å². The topological polar surface area (TPSA) is 71.8 Å². The Morgan fingerprint density at radius 3 is 2.80 bits per heavy atom. The molecule has 4 aromatic rings. The number of rotatable bonds is 3. The van der Waals surface area contributed by atoms with Gasteiger partial charge in [0.15, 0.2) is 0 Å². The first kappa shape index (κ1) is 18.1. The smallest absolute Gasteiger partial charge is 0.247 e. The summed E-state index contributed by atoms with van der Waals surface area (Å²) < 4.78 is 16.0. The maximum atomic E-state index is 14.0. The van der Waals surface area contributed by atoms with E-state index in [4.69, 9.17) is 0 Å². The molecule has 30 heavy (non-hydrogen) atoms. The number of aromatic nitrogens is 3. The molecule has 0 bridgehead atoms. The second-order valence-electron chi connectivity index (χ2n) is 7.13. The van der Waals surface area contributed by atoms with E-state index >= 15 is 0 Å². The van der Waals surface area contributed by atoms with E-state index in [9.17, 15) is 9.18 Å². The average Bonchev–Trinajstić information content (AvgIpc) is 2.95. The van der Waals surface area contributed by atoms with Gasteiger partial charge in [0.1, 0.15) is 23.6 Å². The third-order valence-corrected chi connectivity index (χ3v) is 5.36. The van der Waals surface area contributed by atoms with Gasteiger partial charge in [-0.1, -0.05) is 24.8 Å². The van der Waals surface area contributed by atoms with E-state index in [1.165, 1.54) is 18.5 Å². The van der Waals surface area contributed by atoms with Crippen LogP contribution in [0, 0.1) is 5.82 Å². The first-order valence-corrected chi connectivity index (χ1v) is 9.46. The van der Waals surface area contributed by atoms with Gasteiger partial charge < -0.3 is 15.2 Å². The second kappa shape index (κ2) is 6.81. The molecule has 1 amide bonds. The van der Waals surface area contributed by atoms with Crippen molar-refractivity contribution in [3.63, 3.8) is 0 Å². The molecule has 0 fully saturated rings. The Morgan fingerprint density at radius 2 is 2.03 bits per heavy atom. The van der Waals surface area contributed by atoms with E-state index in [1.54, 1.807) is 6.07 Å². The van der Waals surface area contributed by atoms with Crippen molar-refractivity contribution in [2.45, 2.75) is 6.54 Å². The van der Waals surface area contributed by atoms with Gasteiger partial charge in [-0.25, -0.2) is 14.4 Å². The van der Waals surface area contributed by atoms with Gasteiger partial charge in [0, 0.05) is 24.8 Å². The molecular weight excluding hydrogens is 381 g/mol. The quantitative estimate of drug-likeness (QED) is 0.498. The van der Waals surface area contributed by atoms with Crippen molar-refractivity contribution in [1.82, 2.24) is 14.5 Å². The maximum Gasteiger partial charge on any atom is 0.247 e. The van der Waals surface area contributed by atoms with Crippen LogP contribution in [-0.2, 0) is 18.4 Å². The molecule has 2 aromatic heterocycles. The van der Waals surface area contributed by atoms with Crippen molar-refractivity contribution < 1.29 is 9.18 Å². The molecule has 1 aliphatic heterocycles. The summed E-state index contributed by atoms with van der Waals surface area (Å²) in [4.78, 5) is 20.5. The van der Waals surface area contributed by atoms with Gasteiger partial charge in [0.05, 0.1) is 11.1 Å².